The fourth-order valence-electron chi connectivity index (χ4n) is 5.03. The fourth-order valence-corrected chi connectivity index (χ4v) is 5.78. The van der Waals surface area contributed by atoms with Crippen molar-refractivity contribution in [2.24, 2.45) is 0 Å². The summed E-state index contributed by atoms with van der Waals surface area (Å²) in [6, 6.07) is 15.0. The Morgan fingerprint density at radius 1 is 0.919 bits per heavy atom. The van der Waals surface area contributed by atoms with Crippen molar-refractivity contribution >= 4 is 33.4 Å². The van der Waals surface area contributed by atoms with Gasteiger partial charge in [-0.25, -0.2) is 9.97 Å². The molecule has 1 aliphatic carbocycles. The number of halogens is 1. The van der Waals surface area contributed by atoms with E-state index in [0.29, 0.717) is 17.0 Å². The first kappa shape index (κ1) is 22.1. The first-order valence-corrected chi connectivity index (χ1v) is 13.2. The molecule has 0 bridgehead atoms. The molecular weight excluding hydrogens is 487 g/mol. The van der Waals surface area contributed by atoms with Gasteiger partial charge in [0, 0.05) is 22.2 Å². The number of aromatic nitrogens is 6. The van der Waals surface area contributed by atoms with Crippen molar-refractivity contribution in [1.82, 2.24) is 30.1 Å². The van der Waals surface area contributed by atoms with E-state index >= 15 is 0 Å². The molecule has 1 saturated carbocycles. The minimum Gasteiger partial charge on any atom is -0.489 e. The highest BCUT2D eigenvalue weighted by atomic mass is 32.1. The molecule has 0 amide bonds. The third-order valence-corrected chi connectivity index (χ3v) is 7.75. The lowest BCUT2D eigenvalue weighted by Crippen LogP contribution is -2.19. The molecule has 7 nitrogen and oxygen atoms in total. The Balaban J connectivity index is 1.26. The van der Waals surface area contributed by atoms with Gasteiger partial charge in [0.25, 0.3) is 0 Å². The Bertz CT molecular complexity index is 1730. The number of para-hydroxylation sites is 1. The van der Waals surface area contributed by atoms with E-state index in [1.54, 1.807) is 18.5 Å². The van der Waals surface area contributed by atoms with Crippen LogP contribution in [0.5, 0.6) is 5.75 Å². The zero-order chi connectivity index (χ0) is 24.8. The van der Waals surface area contributed by atoms with Crippen molar-refractivity contribution in [3.63, 3.8) is 0 Å². The predicted molar refractivity (Wildman–Crippen MR) is 143 cm³/mol. The van der Waals surface area contributed by atoms with E-state index < -0.39 is 0 Å². The van der Waals surface area contributed by atoms with E-state index in [-0.39, 0.29) is 11.2 Å². The van der Waals surface area contributed by atoms with Gasteiger partial charge in [0.15, 0.2) is 16.6 Å². The summed E-state index contributed by atoms with van der Waals surface area (Å²) in [6.07, 6.45) is 9.72. The van der Waals surface area contributed by atoms with Crippen LogP contribution in [0.25, 0.3) is 55.3 Å². The van der Waals surface area contributed by atoms with Crippen molar-refractivity contribution in [2.75, 3.05) is 0 Å². The lowest BCUT2D eigenvalue weighted by molar-refractivity contribution is 0.154. The zero-order valence-corrected chi connectivity index (χ0v) is 20.7. The number of thiophene rings is 1. The third kappa shape index (κ3) is 4.15. The van der Waals surface area contributed by atoms with Crippen LogP contribution in [0.3, 0.4) is 0 Å². The quantitative estimate of drug-likeness (QED) is 0.257. The number of nitrogens with one attached hydrogen (secondary N) is 2. The summed E-state index contributed by atoms with van der Waals surface area (Å²) in [5.41, 5.74) is 6.30. The predicted octanol–water partition coefficient (Wildman–Crippen LogP) is 7.14. The number of benzene rings is 1. The van der Waals surface area contributed by atoms with Crippen LogP contribution in [0, 0.1) is 5.13 Å². The molecular formula is C28H23FN6OS. The van der Waals surface area contributed by atoms with Gasteiger partial charge in [-0.1, -0.05) is 18.6 Å². The number of hydrogen-bond acceptors (Lipinski definition) is 6. The van der Waals surface area contributed by atoms with E-state index in [1.807, 2.05) is 36.4 Å². The van der Waals surface area contributed by atoms with Gasteiger partial charge in [-0.15, -0.1) is 11.3 Å². The van der Waals surface area contributed by atoms with Gasteiger partial charge in [-0.2, -0.15) is 9.49 Å². The molecule has 1 aromatic carbocycles. The molecule has 2 N–H and O–H groups in total. The van der Waals surface area contributed by atoms with Crippen molar-refractivity contribution in [1.29, 1.82) is 0 Å². The lowest BCUT2D eigenvalue weighted by atomic mass is 9.98. The van der Waals surface area contributed by atoms with Crippen LogP contribution in [-0.2, 0) is 0 Å². The SMILES string of the molecule is Fc1ccc(-c2cccc3[nH]c(-c4n[nH]c5ccc(-c6cncc(OC7CCCCC7)c6)nc45)nc23)s1. The standard InChI is InChI=1S/C28H23FN6OS/c29-24-12-11-23(37-24)19-7-4-8-21-25(19)33-28(32-21)27-26-22(34-35-27)10-9-20(31-26)16-13-18(15-30-14-16)36-17-5-2-1-3-6-17/h4,7-15,17H,1-3,5-6H2,(H,32,33)(H,34,35). The maximum absolute atomic E-state index is 13.7. The minimum atomic E-state index is -0.222. The summed E-state index contributed by atoms with van der Waals surface area (Å²) >= 11 is 1.11. The number of hydrogen-bond donors (Lipinski definition) is 2. The highest BCUT2D eigenvalue weighted by molar-refractivity contribution is 7.14. The molecule has 9 heteroatoms. The number of ether oxygens (including phenoxy) is 1. The molecule has 1 aliphatic rings. The Morgan fingerprint density at radius 2 is 1.84 bits per heavy atom. The van der Waals surface area contributed by atoms with Crippen molar-refractivity contribution in [3.8, 4) is 39.0 Å². The lowest BCUT2D eigenvalue weighted by Gasteiger charge is -2.22. The molecule has 0 unspecified atom stereocenters. The van der Waals surface area contributed by atoms with Crippen LogP contribution in [-0.4, -0.2) is 36.2 Å². The van der Waals surface area contributed by atoms with Gasteiger partial charge >= 0.3 is 0 Å². The van der Waals surface area contributed by atoms with E-state index in [1.165, 1.54) is 25.3 Å². The molecule has 184 valence electrons. The number of H-pyrrole nitrogens is 2. The molecule has 7 rings (SSSR count). The number of fused-ring (bicyclic) bond motifs is 2. The second-order valence-electron chi connectivity index (χ2n) is 9.34. The van der Waals surface area contributed by atoms with Crippen LogP contribution in [0.2, 0.25) is 0 Å². The number of nitrogens with zero attached hydrogens (tertiary/aromatic N) is 4. The summed E-state index contributed by atoms with van der Waals surface area (Å²) < 4.78 is 19.9. The van der Waals surface area contributed by atoms with Crippen LogP contribution >= 0.6 is 11.3 Å². The molecule has 0 aliphatic heterocycles. The van der Waals surface area contributed by atoms with E-state index in [4.69, 9.17) is 14.7 Å². The number of imidazole rings is 1. The second-order valence-corrected chi connectivity index (χ2v) is 10.4. The molecule has 1 fully saturated rings. The van der Waals surface area contributed by atoms with Crippen molar-refractivity contribution in [3.05, 3.63) is 66.1 Å². The summed E-state index contributed by atoms with van der Waals surface area (Å²) in [7, 11) is 0. The summed E-state index contributed by atoms with van der Waals surface area (Å²) in [5, 5.41) is 7.36. The molecule has 0 atom stereocenters. The largest absolute Gasteiger partial charge is 0.489 e. The van der Waals surface area contributed by atoms with E-state index in [0.717, 1.165) is 68.2 Å². The Labute approximate surface area is 215 Å². The number of rotatable bonds is 5. The van der Waals surface area contributed by atoms with E-state index in [9.17, 15) is 4.39 Å². The van der Waals surface area contributed by atoms with Gasteiger partial charge in [-0.05, 0) is 62.1 Å². The average molecular weight is 511 g/mol. The number of aromatic amines is 2. The van der Waals surface area contributed by atoms with E-state index in [2.05, 4.69) is 20.2 Å². The van der Waals surface area contributed by atoms with Gasteiger partial charge in [0.05, 0.1) is 34.5 Å². The maximum Gasteiger partial charge on any atom is 0.176 e. The van der Waals surface area contributed by atoms with Crippen LogP contribution in [0.15, 0.2) is 60.9 Å². The van der Waals surface area contributed by atoms with Gasteiger partial charge < -0.3 is 9.72 Å². The normalized spacial score (nSPS) is 14.5. The topological polar surface area (TPSA) is 92.4 Å². The maximum atomic E-state index is 13.7. The molecule has 0 saturated heterocycles. The van der Waals surface area contributed by atoms with Crippen molar-refractivity contribution in [2.45, 2.75) is 38.2 Å². The molecule has 0 radical (unpaired) electrons. The van der Waals surface area contributed by atoms with Crippen LogP contribution < -0.4 is 4.74 Å². The molecule has 5 aromatic heterocycles. The smallest absolute Gasteiger partial charge is 0.176 e. The second kappa shape index (κ2) is 9.08. The number of pyridine rings is 2. The highest BCUT2D eigenvalue weighted by Crippen LogP contribution is 2.35. The minimum absolute atomic E-state index is 0.222. The third-order valence-electron chi connectivity index (χ3n) is 6.85. The van der Waals surface area contributed by atoms with Crippen molar-refractivity contribution < 1.29 is 9.13 Å². The Kier molecular flexibility index (Phi) is 5.43. The Morgan fingerprint density at radius 3 is 2.70 bits per heavy atom. The molecule has 0 spiro atoms. The summed E-state index contributed by atoms with van der Waals surface area (Å²) in [6.45, 7) is 0. The van der Waals surface area contributed by atoms with Gasteiger partial charge in [0.1, 0.15) is 11.3 Å². The summed E-state index contributed by atoms with van der Waals surface area (Å²) in [4.78, 5) is 18.4. The Hall–Kier alpha value is -4.11. The first-order valence-electron chi connectivity index (χ1n) is 12.4. The van der Waals surface area contributed by atoms with Gasteiger partial charge in [0.2, 0.25) is 0 Å². The molecule has 6 aromatic rings. The average Bonchev–Trinajstić information content (AvgIpc) is 3.66. The molecule has 5 heterocycles. The van der Waals surface area contributed by atoms with Crippen LogP contribution in [0.4, 0.5) is 4.39 Å². The first-order chi connectivity index (χ1) is 18.2. The monoisotopic (exact) mass is 510 g/mol. The molecule has 37 heavy (non-hydrogen) atoms. The summed E-state index contributed by atoms with van der Waals surface area (Å²) in [5.74, 6) is 1.37. The zero-order valence-electron chi connectivity index (χ0n) is 19.9. The highest BCUT2D eigenvalue weighted by Gasteiger charge is 2.18. The van der Waals surface area contributed by atoms with Gasteiger partial charge in [-0.3, -0.25) is 10.1 Å². The van der Waals surface area contributed by atoms with Crippen LogP contribution in [0.1, 0.15) is 32.1 Å². The fraction of sp³-hybridized carbons (Fsp3) is 0.214.